The number of hydrogen-bond donors (Lipinski definition) is 2. The van der Waals surface area contributed by atoms with Crippen LogP contribution in [-0.4, -0.2) is 30.3 Å². The average Bonchev–Trinajstić information content (AvgIpc) is 3.13. The van der Waals surface area contributed by atoms with Crippen LogP contribution in [0, 0.1) is 0 Å². The maximum atomic E-state index is 11.8. The van der Waals surface area contributed by atoms with E-state index in [9.17, 15) is 14.4 Å². The second-order valence-corrected chi connectivity index (χ2v) is 7.15. The van der Waals surface area contributed by atoms with E-state index < -0.39 is 24.5 Å². The SMILES string of the molecule is O=C(COC(=O)CSc1ccc2c(c1)CCC2)NC(=O)Nc1ccccc1. The van der Waals surface area contributed by atoms with Gasteiger partial charge >= 0.3 is 12.0 Å². The Morgan fingerprint density at radius 3 is 2.59 bits per heavy atom. The number of urea groups is 1. The molecule has 0 fully saturated rings. The van der Waals surface area contributed by atoms with Crippen molar-refractivity contribution in [3.8, 4) is 0 Å². The number of carbonyl (C=O) groups is 3. The lowest BCUT2D eigenvalue weighted by Crippen LogP contribution is -2.37. The number of imide groups is 1. The molecule has 0 spiro atoms. The van der Waals surface area contributed by atoms with Crippen molar-refractivity contribution >= 4 is 35.4 Å². The number of esters is 1. The highest BCUT2D eigenvalue weighted by molar-refractivity contribution is 8.00. The first-order chi connectivity index (χ1) is 13.1. The standard InChI is InChI=1S/C20H20N2O4S/c23-18(22-20(25)21-16-7-2-1-3-8-16)12-26-19(24)13-27-17-10-9-14-5-4-6-15(14)11-17/h1-3,7-11H,4-6,12-13H2,(H2,21,22,23,25). The molecule has 3 rings (SSSR count). The minimum atomic E-state index is -0.681. The van der Waals surface area contributed by atoms with Crippen LogP contribution in [0.3, 0.4) is 0 Å². The lowest BCUT2D eigenvalue weighted by atomic mass is 10.1. The second-order valence-electron chi connectivity index (χ2n) is 6.10. The lowest BCUT2D eigenvalue weighted by Gasteiger charge is -2.08. The van der Waals surface area contributed by atoms with Crippen molar-refractivity contribution in [3.05, 3.63) is 59.7 Å². The van der Waals surface area contributed by atoms with Gasteiger partial charge in [-0.15, -0.1) is 11.8 Å². The molecule has 7 heteroatoms. The number of hydrogen-bond acceptors (Lipinski definition) is 5. The molecule has 0 aromatic heterocycles. The van der Waals surface area contributed by atoms with Gasteiger partial charge in [-0.25, -0.2) is 4.79 Å². The summed E-state index contributed by atoms with van der Waals surface area (Å²) in [4.78, 5) is 36.2. The van der Waals surface area contributed by atoms with Crippen molar-refractivity contribution in [1.29, 1.82) is 0 Å². The summed E-state index contributed by atoms with van der Waals surface area (Å²) in [5.74, 6) is -1.07. The number of aryl methyl sites for hydroxylation is 2. The average molecular weight is 384 g/mol. The van der Waals surface area contributed by atoms with E-state index in [4.69, 9.17) is 4.74 Å². The van der Waals surface area contributed by atoms with E-state index >= 15 is 0 Å². The Morgan fingerprint density at radius 1 is 1.00 bits per heavy atom. The van der Waals surface area contributed by atoms with Crippen LogP contribution in [0.1, 0.15) is 17.5 Å². The van der Waals surface area contributed by atoms with Crippen LogP contribution in [0.2, 0.25) is 0 Å². The topological polar surface area (TPSA) is 84.5 Å². The zero-order chi connectivity index (χ0) is 19.1. The van der Waals surface area contributed by atoms with Gasteiger partial charge in [0, 0.05) is 10.6 Å². The number of anilines is 1. The zero-order valence-electron chi connectivity index (χ0n) is 14.7. The van der Waals surface area contributed by atoms with Crippen molar-refractivity contribution < 1.29 is 19.1 Å². The normalized spacial score (nSPS) is 12.1. The van der Waals surface area contributed by atoms with E-state index in [1.807, 2.05) is 12.1 Å². The monoisotopic (exact) mass is 384 g/mol. The Balaban J connectivity index is 1.36. The maximum absolute atomic E-state index is 11.8. The fraction of sp³-hybridized carbons (Fsp3) is 0.250. The molecule has 1 aliphatic rings. The molecule has 140 valence electrons. The largest absolute Gasteiger partial charge is 0.455 e. The number of amides is 3. The van der Waals surface area contributed by atoms with E-state index in [0.717, 1.165) is 17.7 Å². The Bertz CT molecular complexity index is 839. The highest BCUT2D eigenvalue weighted by Crippen LogP contribution is 2.27. The van der Waals surface area contributed by atoms with Crippen molar-refractivity contribution in [2.45, 2.75) is 24.2 Å². The van der Waals surface area contributed by atoms with Crippen LogP contribution in [0.25, 0.3) is 0 Å². The summed E-state index contributed by atoms with van der Waals surface area (Å²) in [5.41, 5.74) is 3.29. The summed E-state index contributed by atoms with van der Waals surface area (Å²) in [6.07, 6.45) is 3.38. The third kappa shape index (κ3) is 5.86. The smallest absolute Gasteiger partial charge is 0.325 e. The molecule has 0 radical (unpaired) electrons. The van der Waals surface area contributed by atoms with Gasteiger partial charge in [-0.3, -0.25) is 14.9 Å². The number of nitrogens with one attached hydrogen (secondary N) is 2. The molecule has 2 aromatic carbocycles. The molecule has 0 aliphatic heterocycles. The summed E-state index contributed by atoms with van der Waals surface area (Å²) >= 11 is 1.38. The second kappa shape index (κ2) is 9.23. The number of rotatable bonds is 6. The van der Waals surface area contributed by atoms with E-state index in [1.165, 1.54) is 29.3 Å². The van der Waals surface area contributed by atoms with Gasteiger partial charge in [-0.1, -0.05) is 24.3 Å². The summed E-state index contributed by atoms with van der Waals surface area (Å²) in [6.45, 7) is -0.494. The number of carbonyl (C=O) groups excluding carboxylic acids is 3. The molecule has 6 nitrogen and oxygen atoms in total. The fourth-order valence-corrected chi connectivity index (χ4v) is 3.57. The first kappa shape index (κ1) is 19.0. The predicted octanol–water partition coefficient (Wildman–Crippen LogP) is 3.16. The Labute approximate surface area is 161 Å². The Kier molecular flexibility index (Phi) is 6.49. The van der Waals surface area contributed by atoms with E-state index in [0.29, 0.717) is 5.69 Å². The van der Waals surface area contributed by atoms with Crippen LogP contribution in [0.4, 0.5) is 10.5 Å². The Morgan fingerprint density at radius 2 is 1.78 bits per heavy atom. The predicted molar refractivity (Wildman–Crippen MR) is 104 cm³/mol. The molecule has 2 N–H and O–H groups in total. The zero-order valence-corrected chi connectivity index (χ0v) is 15.5. The molecular formula is C20H20N2O4S. The highest BCUT2D eigenvalue weighted by atomic mass is 32.2. The minimum absolute atomic E-state index is 0.113. The molecule has 0 unspecified atom stereocenters. The molecule has 0 saturated heterocycles. The first-order valence-corrected chi connectivity index (χ1v) is 9.65. The van der Waals surface area contributed by atoms with Gasteiger partial charge < -0.3 is 10.1 Å². The first-order valence-electron chi connectivity index (χ1n) is 8.66. The fourth-order valence-electron chi connectivity index (χ4n) is 2.81. The van der Waals surface area contributed by atoms with Crippen LogP contribution < -0.4 is 10.6 Å². The van der Waals surface area contributed by atoms with Gasteiger partial charge in [0.05, 0.1) is 5.75 Å². The van der Waals surface area contributed by atoms with E-state index in [2.05, 4.69) is 22.8 Å². The van der Waals surface area contributed by atoms with E-state index in [-0.39, 0.29) is 5.75 Å². The lowest BCUT2D eigenvalue weighted by molar-refractivity contribution is -0.145. The van der Waals surface area contributed by atoms with Crippen molar-refractivity contribution in [2.24, 2.45) is 0 Å². The summed E-state index contributed by atoms with van der Waals surface area (Å²) in [5, 5.41) is 4.62. The molecule has 0 bridgehead atoms. The molecule has 2 aromatic rings. The number of thioether (sulfide) groups is 1. The molecule has 27 heavy (non-hydrogen) atoms. The summed E-state index contributed by atoms with van der Waals surface area (Å²) in [7, 11) is 0. The third-order valence-corrected chi connectivity index (χ3v) is 5.04. The molecule has 0 saturated carbocycles. The van der Waals surface area contributed by atoms with Crippen molar-refractivity contribution in [1.82, 2.24) is 5.32 Å². The summed E-state index contributed by atoms with van der Waals surface area (Å²) < 4.78 is 4.92. The molecular weight excluding hydrogens is 364 g/mol. The van der Waals surface area contributed by atoms with Crippen LogP contribution >= 0.6 is 11.8 Å². The van der Waals surface area contributed by atoms with Crippen LogP contribution in [0.15, 0.2) is 53.4 Å². The van der Waals surface area contributed by atoms with Crippen molar-refractivity contribution in [3.63, 3.8) is 0 Å². The number of benzene rings is 2. The third-order valence-electron chi connectivity index (χ3n) is 4.08. The number of fused-ring (bicyclic) bond motifs is 1. The van der Waals surface area contributed by atoms with E-state index in [1.54, 1.807) is 24.3 Å². The molecule has 1 aliphatic carbocycles. The van der Waals surface area contributed by atoms with Gasteiger partial charge in [0.2, 0.25) is 0 Å². The summed E-state index contributed by atoms with van der Waals surface area (Å²) in [6, 6.07) is 14.3. The molecule has 0 heterocycles. The van der Waals surface area contributed by atoms with Crippen LogP contribution in [-0.2, 0) is 27.2 Å². The van der Waals surface area contributed by atoms with Gasteiger partial charge in [0.25, 0.3) is 5.91 Å². The van der Waals surface area contributed by atoms with Gasteiger partial charge in [-0.2, -0.15) is 0 Å². The molecule has 3 amide bonds. The van der Waals surface area contributed by atoms with Gasteiger partial charge in [0.15, 0.2) is 6.61 Å². The van der Waals surface area contributed by atoms with Crippen molar-refractivity contribution in [2.75, 3.05) is 17.7 Å². The molecule has 0 atom stereocenters. The maximum Gasteiger partial charge on any atom is 0.325 e. The number of para-hydroxylation sites is 1. The number of ether oxygens (including phenoxy) is 1. The highest BCUT2D eigenvalue weighted by Gasteiger charge is 2.13. The Hall–Kier alpha value is -2.80. The minimum Gasteiger partial charge on any atom is -0.455 e. The van der Waals surface area contributed by atoms with Gasteiger partial charge in [0.1, 0.15) is 0 Å². The quantitative estimate of drug-likeness (QED) is 0.590. The van der Waals surface area contributed by atoms with Gasteiger partial charge in [-0.05, 0) is 54.7 Å². The van der Waals surface area contributed by atoms with Crippen LogP contribution in [0.5, 0.6) is 0 Å².